The van der Waals surface area contributed by atoms with Crippen LogP contribution in [0.5, 0.6) is 11.5 Å². The van der Waals surface area contributed by atoms with E-state index in [0.29, 0.717) is 19.3 Å². The van der Waals surface area contributed by atoms with Crippen LogP contribution in [0.25, 0.3) is 0 Å². The van der Waals surface area contributed by atoms with Gasteiger partial charge in [-0.05, 0) is 12.8 Å². The molecule has 1 aliphatic carbocycles. The highest BCUT2D eigenvalue weighted by atomic mass is 16.6. The fourth-order valence-corrected chi connectivity index (χ4v) is 2.06. The number of anilines is 2. The lowest BCUT2D eigenvalue weighted by atomic mass is 10.2. The van der Waals surface area contributed by atoms with E-state index in [1.165, 1.54) is 12.8 Å². The molecule has 86 valence electrons. The lowest BCUT2D eigenvalue weighted by molar-refractivity contribution is 0.172. The molecule has 1 aromatic rings. The lowest BCUT2D eigenvalue weighted by Crippen LogP contribution is -2.22. The van der Waals surface area contributed by atoms with Gasteiger partial charge in [0.1, 0.15) is 13.2 Å². The van der Waals surface area contributed by atoms with Crippen molar-refractivity contribution in [3.8, 4) is 11.5 Å². The molecule has 0 radical (unpaired) electrons. The van der Waals surface area contributed by atoms with Gasteiger partial charge in [-0.3, -0.25) is 0 Å². The third kappa shape index (κ3) is 1.54. The summed E-state index contributed by atoms with van der Waals surface area (Å²) in [7, 11) is 2.08. The molecule has 0 bridgehead atoms. The highest BCUT2D eigenvalue weighted by Gasteiger charge is 2.28. The van der Waals surface area contributed by atoms with Crippen molar-refractivity contribution >= 4 is 11.4 Å². The molecule has 0 saturated heterocycles. The first-order chi connectivity index (χ1) is 7.75. The Balaban J connectivity index is 1.97. The smallest absolute Gasteiger partial charge is 0.163 e. The van der Waals surface area contributed by atoms with Crippen molar-refractivity contribution in [3.63, 3.8) is 0 Å². The normalized spacial score (nSPS) is 18.3. The molecule has 0 spiro atoms. The van der Waals surface area contributed by atoms with Crippen LogP contribution in [0.15, 0.2) is 12.1 Å². The largest absolute Gasteiger partial charge is 0.486 e. The Kier molecular flexibility index (Phi) is 2.09. The van der Waals surface area contributed by atoms with Gasteiger partial charge in [-0.25, -0.2) is 0 Å². The zero-order chi connectivity index (χ0) is 11.1. The molecule has 1 heterocycles. The number of rotatable bonds is 2. The van der Waals surface area contributed by atoms with Crippen LogP contribution in [0.3, 0.4) is 0 Å². The van der Waals surface area contributed by atoms with Crippen molar-refractivity contribution in [3.05, 3.63) is 12.1 Å². The first-order valence-electron chi connectivity index (χ1n) is 5.67. The Labute approximate surface area is 94.9 Å². The molecule has 1 aliphatic heterocycles. The maximum absolute atomic E-state index is 6.03. The van der Waals surface area contributed by atoms with Crippen molar-refractivity contribution in [1.82, 2.24) is 0 Å². The molecular formula is C12H16N2O2. The van der Waals surface area contributed by atoms with E-state index in [1.54, 1.807) is 0 Å². The average Bonchev–Trinajstić information content (AvgIpc) is 3.11. The van der Waals surface area contributed by atoms with Crippen LogP contribution in [-0.2, 0) is 0 Å². The Morgan fingerprint density at radius 1 is 1.19 bits per heavy atom. The van der Waals surface area contributed by atoms with E-state index in [0.717, 1.165) is 22.9 Å². The number of hydrogen-bond donors (Lipinski definition) is 1. The summed E-state index contributed by atoms with van der Waals surface area (Å²) in [5, 5.41) is 0. The number of nitrogens with zero attached hydrogens (tertiary/aromatic N) is 1. The second kappa shape index (κ2) is 3.47. The highest BCUT2D eigenvalue weighted by molar-refractivity contribution is 5.73. The molecule has 1 aromatic carbocycles. The van der Waals surface area contributed by atoms with E-state index in [-0.39, 0.29) is 0 Å². The number of hydrogen-bond acceptors (Lipinski definition) is 4. The highest BCUT2D eigenvalue weighted by Crippen LogP contribution is 2.41. The molecule has 3 rings (SSSR count). The van der Waals surface area contributed by atoms with Crippen LogP contribution in [0.2, 0.25) is 0 Å². The van der Waals surface area contributed by atoms with Gasteiger partial charge < -0.3 is 20.1 Å². The minimum absolute atomic E-state index is 0.601. The number of nitrogens with two attached hydrogens (primary N) is 1. The Morgan fingerprint density at radius 3 is 2.44 bits per heavy atom. The van der Waals surface area contributed by atoms with Gasteiger partial charge in [0.05, 0.1) is 11.4 Å². The topological polar surface area (TPSA) is 47.7 Å². The molecular weight excluding hydrogens is 204 g/mol. The second-order valence-electron chi connectivity index (χ2n) is 4.40. The average molecular weight is 220 g/mol. The summed E-state index contributed by atoms with van der Waals surface area (Å²) >= 11 is 0. The van der Waals surface area contributed by atoms with Crippen LogP contribution < -0.4 is 20.1 Å². The third-order valence-corrected chi connectivity index (χ3v) is 3.17. The Hall–Kier alpha value is -1.58. The van der Waals surface area contributed by atoms with E-state index in [2.05, 4.69) is 11.9 Å². The van der Waals surface area contributed by atoms with E-state index < -0.39 is 0 Å². The first kappa shape index (κ1) is 9.63. The molecule has 0 atom stereocenters. The predicted molar refractivity (Wildman–Crippen MR) is 63.3 cm³/mol. The van der Waals surface area contributed by atoms with Crippen molar-refractivity contribution in [2.75, 3.05) is 30.9 Å². The maximum atomic E-state index is 6.03. The number of benzene rings is 1. The fourth-order valence-electron chi connectivity index (χ4n) is 2.06. The predicted octanol–water partition coefficient (Wildman–Crippen LogP) is 1.64. The van der Waals surface area contributed by atoms with Crippen molar-refractivity contribution in [2.24, 2.45) is 0 Å². The summed E-state index contributed by atoms with van der Waals surface area (Å²) in [6.45, 7) is 1.22. The Morgan fingerprint density at radius 2 is 1.81 bits per heavy atom. The first-order valence-corrected chi connectivity index (χ1v) is 5.67. The molecule has 4 nitrogen and oxygen atoms in total. The quantitative estimate of drug-likeness (QED) is 0.770. The molecule has 0 unspecified atom stereocenters. The molecule has 4 heteroatoms. The third-order valence-electron chi connectivity index (χ3n) is 3.17. The number of nitrogen functional groups attached to an aromatic ring is 1. The summed E-state index contributed by atoms with van der Waals surface area (Å²) in [5.74, 6) is 1.57. The van der Waals surface area contributed by atoms with Gasteiger partial charge >= 0.3 is 0 Å². The standard InChI is InChI=1S/C12H16N2O2/c1-14(8-2-3-8)10-7-12-11(6-9(10)13)15-4-5-16-12/h6-8H,2-5,13H2,1H3. The van der Waals surface area contributed by atoms with Gasteiger partial charge in [0.2, 0.25) is 0 Å². The summed E-state index contributed by atoms with van der Waals surface area (Å²) in [5.41, 5.74) is 7.84. The zero-order valence-corrected chi connectivity index (χ0v) is 9.40. The SMILES string of the molecule is CN(c1cc2c(cc1N)OCCO2)C1CC1. The number of ether oxygens (including phenoxy) is 2. The molecule has 2 N–H and O–H groups in total. The second-order valence-corrected chi connectivity index (χ2v) is 4.40. The molecule has 1 saturated carbocycles. The van der Waals surface area contributed by atoms with Gasteiger partial charge in [0.15, 0.2) is 11.5 Å². The molecule has 1 fully saturated rings. The molecule has 2 aliphatic rings. The zero-order valence-electron chi connectivity index (χ0n) is 9.40. The minimum Gasteiger partial charge on any atom is -0.486 e. The Bertz CT molecular complexity index is 416. The maximum Gasteiger partial charge on any atom is 0.163 e. The van der Waals surface area contributed by atoms with Gasteiger partial charge in [-0.15, -0.1) is 0 Å². The van der Waals surface area contributed by atoms with E-state index in [1.807, 2.05) is 12.1 Å². The van der Waals surface area contributed by atoms with Crippen molar-refractivity contribution < 1.29 is 9.47 Å². The van der Waals surface area contributed by atoms with Gasteiger partial charge in [0, 0.05) is 25.2 Å². The van der Waals surface area contributed by atoms with Crippen molar-refractivity contribution in [2.45, 2.75) is 18.9 Å². The van der Waals surface area contributed by atoms with Crippen LogP contribution in [-0.4, -0.2) is 26.3 Å². The van der Waals surface area contributed by atoms with Crippen molar-refractivity contribution in [1.29, 1.82) is 0 Å². The van der Waals surface area contributed by atoms with Crippen LogP contribution in [0.4, 0.5) is 11.4 Å². The van der Waals surface area contributed by atoms with Gasteiger partial charge in [-0.1, -0.05) is 0 Å². The van der Waals surface area contributed by atoms with Gasteiger partial charge in [0.25, 0.3) is 0 Å². The van der Waals surface area contributed by atoms with Crippen LogP contribution in [0, 0.1) is 0 Å². The molecule has 16 heavy (non-hydrogen) atoms. The van der Waals surface area contributed by atoms with Crippen LogP contribution in [0.1, 0.15) is 12.8 Å². The minimum atomic E-state index is 0.601. The summed E-state index contributed by atoms with van der Waals surface area (Å²) in [4.78, 5) is 2.23. The summed E-state index contributed by atoms with van der Waals surface area (Å²) in [6.07, 6.45) is 2.51. The monoisotopic (exact) mass is 220 g/mol. The molecule has 0 amide bonds. The lowest BCUT2D eigenvalue weighted by Gasteiger charge is -2.25. The summed E-state index contributed by atoms with van der Waals surface area (Å²) < 4.78 is 11.1. The van der Waals surface area contributed by atoms with E-state index in [9.17, 15) is 0 Å². The fraction of sp³-hybridized carbons (Fsp3) is 0.500. The van der Waals surface area contributed by atoms with E-state index >= 15 is 0 Å². The summed E-state index contributed by atoms with van der Waals surface area (Å²) in [6, 6.07) is 4.50. The van der Waals surface area contributed by atoms with Gasteiger partial charge in [-0.2, -0.15) is 0 Å². The van der Waals surface area contributed by atoms with E-state index in [4.69, 9.17) is 15.2 Å². The number of fused-ring (bicyclic) bond motifs is 1. The molecule has 0 aromatic heterocycles. The van der Waals surface area contributed by atoms with Crippen LogP contribution >= 0.6 is 0 Å².